The van der Waals surface area contributed by atoms with Gasteiger partial charge in [0.25, 0.3) is 0 Å². The summed E-state index contributed by atoms with van der Waals surface area (Å²) in [7, 11) is 1.73. The smallest absolute Gasteiger partial charge is 0.243 e. The molecule has 0 spiro atoms. The van der Waals surface area contributed by atoms with E-state index in [9.17, 15) is 4.79 Å². The summed E-state index contributed by atoms with van der Waals surface area (Å²) < 4.78 is 6.81. The normalized spacial score (nSPS) is 36.0. The summed E-state index contributed by atoms with van der Waals surface area (Å²) in [5.41, 5.74) is 2.67. The number of hydrogen-bond donors (Lipinski definition) is 0. The number of benzene rings is 1. The molecular formula is C19H24ClNO2. The van der Waals surface area contributed by atoms with E-state index < -0.39 is 0 Å². The van der Waals surface area contributed by atoms with Crippen molar-refractivity contribution in [1.82, 2.24) is 4.42 Å². The van der Waals surface area contributed by atoms with Gasteiger partial charge in [-0.05, 0) is 73.1 Å². The lowest BCUT2D eigenvalue weighted by Crippen LogP contribution is -2.54. The van der Waals surface area contributed by atoms with E-state index in [2.05, 4.69) is 25.1 Å². The van der Waals surface area contributed by atoms with E-state index in [1.54, 1.807) is 7.11 Å². The van der Waals surface area contributed by atoms with E-state index in [4.69, 9.17) is 16.5 Å². The largest absolute Gasteiger partial charge is 0.497 e. The third kappa shape index (κ3) is 2.20. The van der Waals surface area contributed by atoms with Gasteiger partial charge in [0.05, 0.1) is 12.5 Å². The zero-order valence-corrected chi connectivity index (χ0v) is 14.6. The van der Waals surface area contributed by atoms with Crippen LogP contribution in [0, 0.1) is 17.3 Å². The second kappa shape index (κ2) is 5.41. The zero-order valence-electron chi connectivity index (χ0n) is 13.8. The molecule has 2 unspecified atom stereocenters. The minimum atomic E-state index is -0.259. The maximum atomic E-state index is 12.7. The van der Waals surface area contributed by atoms with E-state index >= 15 is 0 Å². The molecule has 3 aliphatic rings. The number of nitrogens with zero attached hydrogens (tertiary/aromatic N) is 1. The molecule has 0 N–H and O–H groups in total. The van der Waals surface area contributed by atoms with Gasteiger partial charge in [-0.1, -0.05) is 13.0 Å². The number of hydrogen-bond acceptors (Lipinski definition) is 2. The van der Waals surface area contributed by atoms with Crippen LogP contribution >= 0.6 is 11.8 Å². The van der Waals surface area contributed by atoms with Gasteiger partial charge >= 0.3 is 0 Å². The van der Waals surface area contributed by atoms with Crippen LogP contribution < -0.4 is 4.74 Å². The Morgan fingerprint density at radius 1 is 1.30 bits per heavy atom. The SMILES string of the molecule is COc1ccc2c(c1)CC[C@@H]1C2CC[C@]2(C)C(=O)N(Cl)CCC12. The molecule has 0 aromatic heterocycles. The molecule has 4 heteroatoms. The maximum absolute atomic E-state index is 12.7. The zero-order chi connectivity index (χ0) is 16.2. The van der Waals surface area contributed by atoms with Gasteiger partial charge in [-0.15, -0.1) is 0 Å². The average Bonchev–Trinajstić information content (AvgIpc) is 2.57. The average molecular weight is 334 g/mol. The van der Waals surface area contributed by atoms with Crippen LogP contribution in [0.5, 0.6) is 5.75 Å². The van der Waals surface area contributed by atoms with Crippen LogP contribution in [0.1, 0.15) is 49.7 Å². The first-order valence-electron chi connectivity index (χ1n) is 8.69. The van der Waals surface area contributed by atoms with Crippen LogP contribution in [0.2, 0.25) is 0 Å². The van der Waals surface area contributed by atoms with Crippen LogP contribution in [-0.2, 0) is 11.2 Å². The van der Waals surface area contributed by atoms with Gasteiger partial charge in [0, 0.05) is 18.3 Å². The Balaban J connectivity index is 1.68. The van der Waals surface area contributed by atoms with Crippen molar-refractivity contribution in [2.45, 2.75) is 44.9 Å². The first-order valence-corrected chi connectivity index (χ1v) is 9.03. The summed E-state index contributed by atoms with van der Waals surface area (Å²) in [5.74, 6) is 2.78. The number of fused-ring (bicyclic) bond motifs is 5. The van der Waals surface area contributed by atoms with Gasteiger partial charge in [0.1, 0.15) is 5.75 Å². The summed E-state index contributed by atoms with van der Waals surface area (Å²) in [6.45, 7) is 2.84. The van der Waals surface area contributed by atoms with E-state index in [0.29, 0.717) is 24.3 Å². The lowest BCUT2D eigenvalue weighted by molar-refractivity contribution is -0.150. The summed E-state index contributed by atoms with van der Waals surface area (Å²) >= 11 is 6.14. The minimum absolute atomic E-state index is 0.148. The number of aryl methyl sites for hydroxylation is 1. The fourth-order valence-electron chi connectivity index (χ4n) is 5.44. The summed E-state index contributed by atoms with van der Waals surface area (Å²) in [6, 6.07) is 6.54. The number of amides is 1. The fourth-order valence-corrected chi connectivity index (χ4v) is 5.73. The Morgan fingerprint density at radius 3 is 2.91 bits per heavy atom. The predicted molar refractivity (Wildman–Crippen MR) is 90.6 cm³/mol. The lowest BCUT2D eigenvalue weighted by atomic mass is 9.52. The first-order chi connectivity index (χ1) is 11.0. The van der Waals surface area contributed by atoms with Crippen LogP contribution in [0.4, 0.5) is 0 Å². The highest BCUT2D eigenvalue weighted by Gasteiger charge is 2.54. The van der Waals surface area contributed by atoms with Crippen molar-refractivity contribution < 1.29 is 9.53 Å². The highest BCUT2D eigenvalue weighted by Crippen LogP contribution is 2.58. The second-order valence-corrected chi connectivity index (χ2v) is 8.02. The first kappa shape index (κ1) is 15.3. The second-order valence-electron chi connectivity index (χ2n) is 7.62. The Bertz CT molecular complexity index is 646. The number of methoxy groups -OCH3 is 1. The molecule has 1 saturated heterocycles. The molecule has 2 aliphatic carbocycles. The number of carbonyl (C=O) groups is 1. The van der Waals surface area contributed by atoms with Gasteiger partial charge in [-0.25, -0.2) is 0 Å². The van der Waals surface area contributed by atoms with E-state index in [-0.39, 0.29) is 11.3 Å². The number of halogens is 1. The molecule has 1 aliphatic heterocycles. The van der Waals surface area contributed by atoms with Crippen LogP contribution in [-0.4, -0.2) is 24.0 Å². The Hall–Kier alpha value is -1.22. The summed E-state index contributed by atoms with van der Waals surface area (Å²) in [6.07, 6.45) is 5.36. The molecule has 4 atom stereocenters. The van der Waals surface area contributed by atoms with Gasteiger partial charge < -0.3 is 4.74 Å². The maximum Gasteiger partial charge on any atom is 0.243 e. The van der Waals surface area contributed by atoms with E-state index in [0.717, 1.165) is 31.4 Å². The van der Waals surface area contributed by atoms with Gasteiger partial charge in [0.15, 0.2) is 0 Å². The molecule has 0 bridgehead atoms. The Kier molecular flexibility index (Phi) is 3.60. The molecule has 124 valence electrons. The monoisotopic (exact) mass is 333 g/mol. The highest BCUT2D eigenvalue weighted by molar-refractivity contribution is 6.22. The van der Waals surface area contributed by atoms with E-state index in [1.807, 2.05) is 0 Å². The number of carbonyl (C=O) groups excluding carboxylic acids is 1. The Morgan fingerprint density at radius 2 is 2.13 bits per heavy atom. The molecule has 2 fully saturated rings. The van der Waals surface area contributed by atoms with Gasteiger partial charge in [0.2, 0.25) is 5.91 Å². The summed E-state index contributed by atoms with van der Waals surface area (Å²) in [4.78, 5) is 12.7. The molecule has 23 heavy (non-hydrogen) atoms. The molecule has 1 aromatic rings. The van der Waals surface area contributed by atoms with Crippen molar-refractivity contribution in [3.63, 3.8) is 0 Å². The third-order valence-corrected chi connectivity index (χ3v) is 6.99. The minimum Gasteiger partial charge on any atom is -0.497 e. The topological polar surface area (TPSA) is 29.5 Å². The van der Waals surface area contributed by atoms with Crippen molar-refractivity contribution in [2.75, 3.05) is 13.7 Å². The number of ether oxygens (including phenoxy) is 1. The number of rotatable bonds is 1. The van der Waals surface area contributed by atoms with Crippen molar-refractivity contribution >= 4 is 17.7 Å². The Labute approximate surface area is 143 Å². The fraction of sp³-hybridized carbons (Fsp3) is 0.632. The predicted octanol–water partition coefficient (Wildman–Crippen LogP) is 4.14. The standard InChI is InChI=1S/C19H24ClNO2/c1-19-9-7-15-14-6-4-13(23-2)11-12(14)3-5-16(15)17(19)8-10-21(20)18(19)22/h4,6,11,15-17H,3,5,7-10H2,1-2H3/t15?,16-,17?,19+/m1/s1. The third-order valence-electron chi connectivity index (χ3n) is 6.67. The molecule has 1 aromatic carbocycles. The molecule has 1 amide bonds. The summed E-state index contributed by atoms with van der Waals surface area (Å²) in [5, 5.41) is 0. The van der Waals surface area contributed by atoms with Crippen LogP contribution in [0.3, 0.4) is 0 Å². The number of piperidine rings is 1. The molecular weight excluding hydrogens is 310 g/mol. The van der Waals surface area contributed by atoms with Gasteiger partial charge in [-0.3, -0.25) is 9.21 Å². The molecule has 0 radical (unpaired) electrons. The van der Waals surface area contributed by atoms with Crippen molar-refractivity contribution in [3.8, 4) is 5.75 Å². The molecule has 3 nitrogen and oxygen atoms in total. The lowest BCUT2D eigenvalue weighted by Gasteiger charge is -2.54. The van der Waals surface area contributed by atoms with E-state index in [1.165, 1.54) is 22.0 Å². The van der Waals surface area contributed by atoms with Crippen LogP contribution in [0.15, 0.2) is 18.2 Å². The quantitative estimate of drug-likeness (QED) is 0.723. The highest BCUT2D eigenvalue weighted by atomic mass is 35.5. The van der Waals surface area contributed by atoms with Crippen molar-refractivity contribution in [3.05, 3.63) is 29.3 Å². The molecule has 1 heterocycles. The van der Waals surface area contributed by atoms with Crippen molar-refractivity contribution in [1.29, 1.82) is 0 Å². The van der Waals surface area contributed by atoms with Crippen molar-refractivity contribution in [2.24, 2.45) is 17.3 Å². The van der Waals surface area contributed by atoms with Crippen LogP contribution in [0.25, 0.3) is 0 Å². The molecule has 4 rings (SSSR count). The molecule has 1 saturated carbocycles. The van der Waals surface area contributed by atoms with Gasteiger partial charge in [-0.2, -0.15) is 0 Å².